The summed E-state index contributed by atoms with van der Waals surface area (Å²) in [6.45, 7) is 2.12. The zero-order valence-electron chi connectivity index (χ0n) is 17.5. The van der Waals surface area contributed by atoms with Crippen molar-refractivity contribution in [2.24, 2.45) is 24.8 Å². The number of fused-ring (bicyclic) bond motifs is 1. The summed E-state index contributed by atoms with van der Waals surface area (Å²) in [5.41, 5.74) is 2.20. The minimum atomic E-state index is -0.0506. The number of benzene rings is 1. The van der Waals surface area contributed by atoms with E-state index >= 15 is 0 Å². The molecule has 2 fully saturated rings. The van der Waals surface area contributed by atoms with Crippen molar-refractivity contribution in [1.29, 1.82) is 5.26 Å². The van der Waals surface area contributed by atoms with Crippen molar-refractivity contribution in [3.63, 3.8) is 0 Å². The molecule has 158 valence electrons. The Morgan fingerprint density at radius 1 is 1.29 bits per heavy atom. The van der Waals surface area contributed by atoms with Crippen molar-refractivity contribution in [1.82, 2.24) is 14.8 Å². The van der Waals surface area contributed by atoms with E-state index in [1.54, 1.807) is 10.9 Å². The van der Waals surface area contributed by atoms with E-state index in [1.165, 1.54) is 0 Å². The van der Waals surface area contributed by atoms with E-state index in [0.29, 0.717) is 17.7 Å². The van der Waals surface area contributed by atoms with E-state index in [4.69, 9.17) is 16.9 Å². The van der Waals surface area contributed by atoms with Gasteiger partial charge in [-0.15, -0.1) is 0 Å². The van der Waals surface area contributed by atoms with E-state index in [1.807, 2.05) is 31.6 Å². The number of aryl methyl sites for hydroxylation is 1. The van der Waals surface area contributed by atoms with Crippen LogP contribution < -0.4 is 5.32 Å². The third kappa shape index (κ3) is 3.57. The second-order valence-electron chi connectivity index (χ2n) is 8.85. The number of nitrogens with one attached hydrogen (secondary N) is 1. The molecule has 3 aromatic rings. The third-order valence-corrected chi connectivity index (χ3v) is 7.23. The number of aromatic nitrogens is 3. The monoisotopic (exact) mass is 433 g/mol. The fraction of sp³-hybridized carbons (Fsp3) is 0.417. The van der Waals surface area contributed by atoms with Gasteiger partial charge >= 0.3 is 0 Å². The number of hydrogen-bond acceptors (Lipinski definition) is 4. The van der Waals surface area contributed by atoms with Crippen molar-refractivity contribution < 1.29 is 4.79 Å². The molecule has 0 saturated heterocycles. The minimum Gasteiger partial charge on any atom is -0.310 e. The summed E-state index contributed by atoms with van der Waals surface area (Å²) >= 11 is 6.50. The van der Waals surface area contributed by atoms with Gasteiger partial charge in [-0.3, -0.25) is 9.48 Å². The molecule has 1 amide bonds. The van der Waals surface area contributed by atoms with Gasteiger partial charge in [0.25, 0.3) is 0 Å². The standard InChI is InChI=1S/C24H24ClN5O/c1-3-18-22(17-11-28-30(2)12-17)23(18)24(31)29-21-8-14-6-19(15-4-13(5-15)9-26)20(25)7-16(14)10-27-21/h6-8,10-13,15,18,22-23H,3-5H2,1-2H3,(H,27,29,31)/t13-,15-,18-,22+,23+/m0/s1. The molecule has 6 nitrogen and oxygen atoms in total. The predicted octanol–water partition coefficient (Wildman–Crippen LogP) is 5.02. The van der Waals surface area contributed by atoms with Crippen molar-refractivity contribution in [3.05, 3.63) is 52.9 Å². The second kappa shape index (κ2) is 7.65. The Hall–Kier alpha value is -2.91. The number of carbonyl (C=O) groups is 1. The van der Waals surface area contributed by atoms with Crippen LogP contribution in [0.1, 0.15) is 49.1 Å². The SMILES string of the molecule is CC[C@@H]1[C@@H](C(=O)Nc2cc3cc([C@H]4C[C@H](C#N)C4)c(Cl)cc3cn2)[C@@H]1c1cnn(C)c1. The fourth-order valence-corrected chi connectivity index (χ4v) is 5.38. The minimum absolute atomic E-state index is 0.0117. The Balaban J connectivity index is 1.35. The van der Waals surface area contributed by atoms with Gasteiger partial charge in [-0.05, 0) is 59.4 Å². The van der Waals surface area contributed by atoms with Gasteiger partial charge in [-0.25, -0.2) is 4.98 Å². The highest BCUT2D eigenvalue weighted by Crippen LogP contribution is 2.56. The lowest BCUT2D eigenvalue weighted by Gasteiger charge is -2.31. The summed E-state index contributed by atoms with van der Waals surface area (Å²) in [5, 5.41) is 19.0. The maximum atomic E-state index is 13.0. The molecule has 3 atom stereocenters. The molecule has 1 aromatic carbocycles. The van der Waals surface area contributed by atoms with Crippen molar-refractivity contribution in [3.8, 4) is 6.07 Å². The van der Waals surface area contributed by atoms with Crippen LogP contribution in [0.2, 0.25) is 5.02 Å². The van der Waals surface area contributed by atoms with E-state index in [0.717, 1.165) is 46.2 Å². The van der Waals surface area contributed by atoms with E-state index in [9.17, 15) is 4.79 Å². The molecular formula is C24H24ClN5O. The summed E-state index contributed by atoms with van der Waals surface area (Å²) in [6.07, 6.45) is 8.27. The first-order valence-electron chi connectivity index (χ1n) is 10.8. The smallest absolute Gasteiger partial charge is 0.229 e. The molecule has 31 heavy (non-hydrogen) atoms. The second-order valence-corrected chi connectivity index (χ2v) is 9.25. The fourth-order valence-electron chi connectivity index (χ4n) is 5.06. The summed E-state index contributed by atoms with van der Waals surface area (Å²) in [7, 11) is 1.89. The number of amides is 1. The molecule has 0 aliphatic heterocycles. The molecule has 0 radical (unpaired) electrons. The van der Waals surface area contributed by atoms with Gasteiger partial charge in [-0.1, -0.05) is 24.9 Å². The highest BCUT2D eigenvalue weighted by Gasteiger charge is 2.54. The zero-order chi connectivity index (χ0) is 21.7. The molecule has 2 heterocycles. The predicted molar refractivity (Wildman–Crippen MR) is 120 cm³/mol. The number of hydrogen-bond donors (Lipinski definition) is 1. The topological polar surface area (TPSA) is 83.6 Å². The van der Waals surface area contributed by atoms with Crippen molar-refractivity contribution in [2.75, 3.05) is 5.32 Å². The Morgan fingerprint density at radius 2 is 2.10 bits per heavy atom. The molecule has 0 bridgehead atoms. The third-order valence-electron chi connectivity index (χ3n) is 6.90. The van der Waals surface area contributed by atoms with Crippen LogP contribution in [0.15, 0.2) is 36.8 Å². The summed E-state index contributed by atoms with van der Waals surface area (Å²) in [5.74, 6) is 1.52. The van der Waals surface area contributed by atoms with Crippen LogP contribution in [-0.2, 0) is 11.8 Å². The summed E-state index contributed by atoms with van der Waals surface area (Å²) < 4.78 is 1.78. The number of pyridine rings is 1. The van der Waals surface area contributed by atoms with E-state index in [-0.39, 0.29) is 23.7 Å². The van der Waals surface area contributed by atoms with Crippen LogP contribution >= 0.6 is 11.6 Å². The summed E-state index contributed by atoms with van der Waals surface area (Å²) in [6, 6.07) is 8.25. The first kappa shape index (κ1) is 20.0. The van der Waals surface area contributed by atoms with Crippen molar-refractivity contribution >= 4 is 34.1 Å². The normalized spacial score (nSPS) is 26.8. The lowest BCUT2D eigenvalue weighted by molar-refractivity contribution is -0.117. The van der Waals surface area contributed by atoms with E-state index < -0.39 is 0 Å². The van der Waals surface area contributed by atoms with Gasteiger partial charge in [0.05, 0.1) is 12.3 Å². The molecule has 0 unspecified atom stereocenters. The molecule has 1 N–H and O–H groups in total. The van der Waals surface area contributed by atoms with Gasteiger partial charge in [0, 0.05) is 47.6 Å². The highest BCUT2D eigenvalue weighted by molar-refractivity contribution is 6.32. The lowest BCUT2D eigenvalue weighted by Crippen LogP contribution is -2.20. The average Bonchev–Trinajstić information content (AvgIpc) is 3.31. The van der Waals surface area contributed by atoms with Crippen LogP contribution in [0, 0.1) is 29.1 Å². The van der Waals surface area contributed by atoms with Crippen LogP contribution in [0.3, 0.4) is 0 Å². The number of rotatable bonds is 5. The number of nitrogens with zero attached hydrogens (tertiary/aromatic N) is 4. The van der Waals surface area contributed by atoms with Crippen molar-refractivity contribution in [2.45, 2.75) is 38.0 Å². The van der Waals surface area contributed by atoms with Gasteiger partial charge in [0.2, 0.25) is 5.91 Å². The average molecular weight is 434 g/mol. The van der Waals surface area contributed by atoms with Crippen LogP contribution in [0.5, 0.6) is 0 Å². The summed E-state index contributed by atoms with van der Waals surface area (Å²) in [4.78, 5) is 17.4. The van der Waals surface area contributed by atoms with Gasteiger partial charge in [0.15, 0.2) is 0 Å². The van der Waals surface area contributed by atoms with Gasteiger partial charge in [-0.2, -0.15) is 10.4 Å². The largest absolute Gasteiger partial charge is 0.310 e. The molecular weight excluding hydrogens is 410 g/mol. The maximum Gasteiger partial charge on any atom is 0.229 e. The molecule has 2 aliphatic rings. The first-order chi connectivity index (χ1) is 15.0. The maximum absolute atomic E-state index is 13.0. The Bertz CT molecular complexity index is 1210. The highest BCUT2D eigenvalue weighted by atomic mass is 35.5. The van der Waals surface area contributed by atoms with Gasteiger partial charge < -0.3 is 5.32 Å². The number of halogens is 1. The van der Waals surface area contributed by atoms with E-state index in [2.05, 4.69) is 34.5 Å². The van der Waals surface area contributed by atoms with Gasteiger partial charge in [0.1, 0.15) is 5.82 Å². The molecule has 7 heteroatoms. The van der Waals surface area contributed by atoms with Crippen LogP contribution in [0.4, 0.5) is 5.82 Å². The Kier molecular flexibility index (Phi) is 4.94. The number of carbonyl (C=O) groups excluding carboxylic acids is 1. The molecule has 2 aromatic heterocycles. The number of nitriles is 1. The quantitative estimate of drug-likeness (QED) is 0.612. The Labute approximate surface area is 186 Å². The molecule has 5 rings (SSSR count). The first-order valence-corrected chi connectivity index (χ1v) is 11.1. The van der Waals surface area contributed by atoms with Crippen LogP contribution in [-0.4, -0.2) is 20.7 Å². The molecule has 2 saturated carbocycles. The number of anilines is 1. The lowest BCUT2D eigenvalue weighted by atomic mass is 9.72. The molecule has 0 spiro atoms. The van der Waals surface area contributed by atoms with Crippen LogP contribution in [0.25, 0.3) is 10.8 Å². The molecule has 2 aliphatic carbocycles. The zero-order valence-corrected chi connectivity index (χ0v) is 18.3. The Morgan fingerprint density at radius 3 is 2.77 bits per heavy atom.